The maximum atomic E-state index is 13.2. The van der Waals surface area contributed by atoms with E-state index < -0.39 is 0 Å². The molecule has 1 N–H and O–H groups in total. The molecule has 1 aliphatic heterocycles. The van der Waals surface area contributed by atoms with Crippen molar-refractivity contribution in [2.45, 2.75) is 25.8 Å². The molecule has 0 bridgehead atoms. The molecule has 6 heteroatoms. The molecule has 1 aliphatic rings. The van der Waals surface area contributed by atoms with Crippen molar-refractivity contribution in [2.24, 2.45) is 0 Å². The Morgan fingerprint density at radius 1 is 0.818 bits per heavy atom. The zero-order chi connectivity index (χ0) is 23.4. The van der Waals surface area contributed by atoms with Gasteiger partial charge >= 0.3 is 0 Å². The van der Waals surface area contributed by atoms with Gasteiger partial charge in [-0.05, 0) is 50.1 Å². The summed E-state index contributed by atoms with van der Waals surface area (Å²) in [5, 5.41) is 2.96. The van der Waals surface area contributed by atoms with Crippen LogP contribution >= 0.6 is 0 Å². The second-order valence-corrected chi connectivity index (χ2v) is 8.29. The second kappa shape index (κ2) is 9.77. The van der Waals surface area contributed by atoms with E-state index in [1.165, 1.54) is 24.3 Å². The lowest BCUT2D eigenvalue weighted by Crippen LogP contribution is -2.46. The molecular weight excluding hydrogens is 419 g/mol. The fourth-order valence-electron chi connectivity index (χ4n) is 4.00. The van der Waals surface area contributed by atoms with Crippen LogP contribution in [0, 0.1) is 12.7 Å². The van der Waals surface area contributed by atoms with Gasteiger partial charge in [-0.15, -0.1) is 0 Å². The Balaban J connectivity index is 1.41. The molecule has 0 unspecified atom stereocenters. The first-order valence-electron chi connectivity index (χ1n) is 11.0. The Bertz CT molecular complexity index is 1160. The zero-order valence-electron chi connectivity index (χ0n) is 18.4. The Labute approximate surface area is 192 Å². The summed E-state index contributed by atoms with van der Waals surface area (Å²) < 4.78 is 13.1. The lowest BCUT2D eigenvalue weighted by Gasteiger charge is -2.32. The van der Waals surface area contributed by atoms with Crippen LogP contribution in [0.3, 0.4) is 0 Å². The molecule has 5 nitrogen and oxygen atoms in total. The van der Waals surface area contributed by atoms with Gasteiger partial charge in [-0.25, -0.2) is 4.39 Å². The maximum Gasteiger partial charge on any atom is 0.254 e. The van der Waals surface area contributed by atoms with Crippen LogP contribution in [0.5, 0.6) is 0 Å². The molecule has 2 amide bonds. The van der Waals surface area contributed by atoms with Crippen LogP contribution in [0.4, 0.5) is 4.39 Å². The third-order valence-electron chi connectivity index (χ3n) is 5.94. The van der Waals surface area contributed by atoms with Crippen LogP contribution in [-0.2, 0) is 0 Å². The van der Waals surface area contributed by atoms with Crippen molar-refractivity contribution in [3.05, 3.63) is 106 Å². The summed E-state index contributed by atoms with van der Waals surface area (Å²) in [7, 11) is 0. The number of benzene rings is 3. The Kier molecular flexibility index (Phi) is 6.63. The van der Waals surface area contributed by atoms with Gasteiger partial charge in [0.25, 0.3) is 11.8 Å². The highest BCUT2D eigenvalue weighted by molar-refractivity contribution is 6.15. The van der Waals surface area contributed by atoms with Gasteiger partial charge in [0.2, 0.25) is 0 Å². The van der Waals surface area contributed by atoms with Crippen LogP contribution in [0.25, 0.3) is 0 Å². The van der Waals surface area contributed by atoms with Gasteiger partial charge < -0.3 is 10.2 Å². The molecule has 0 spiro atoms. The fraction of sp³-hybridized carbons (Fsp3) is 0.222. The largest absolute Gasteiger partial charge is 0.349 e. The molecular formula is C27H25FN2O3. The lowest BCUT2D eigenvalue weighted by atomic mass is 9.96. The summed E-state index contributed by atoms with van der Waals surface area (Å²) in [6, 6.07) is 19.5. The number of hydrogen-bond acceptors (Lipinski definition) is 3. The Hall–Kier alpha value is -3.80. The third kappa shape index (κ3) is 5.17. The highest BCUT2D eigenvalue weighted by Gasteiger charge is 2.27. The van der Waals surface area contributed by atoms with Gasteiger partial charge in [0.1, 0.15) is 5.82 Å². The summed E-state index contributed by atoms with van der Waals surface area (Å²) >= 11 is 0. The van der Waals surface area contributed by atoms with Crippen molar-refractivity contribution in [1.29, 1.82) is 0 Å². The van der Waals surface area contributed by atoms with Crippen LogP contribution in [-0.4, -0.2) is 41.6 Å². The predicted molar refractivity (Wildman–Crippen MR) is 124 cm³/mol. The van der Waals surface area contributed by atoms with Crippen LogP contribution in [0.1, 0.15) is 55.0 Å². The van der Waals surface area contributed by atoms with Gasteiger partial charge in [0.05, 0.1) is 5.56 Å². The van der Waals surface area contributed by atoms with Crippen molar-refractivity contribution < 1.29 is 18.8 Å². The minimum atomic E-state index is -0.389. The molecule has 3 aromatic carbocycles. The molecule has 0 atom stereocenters. The van der Waals surface area contributed by atoms with E-state index in [-0.39, 0.29) is 29.5 Å². The third-order valence-corrected chi connectivity index (χ3v) is 5.94. The van der Waals surface area contributed by atoms with Gasteiger partial charge in [-0.2, -0.15) is 0 Å². The number of nitrogens with zero attached hydrogens (tertiary/aromatic N) is 1. The van der Waals surface area contributed by atoms with E-state index in [0.717, 1.165) is 5.56 Å². The van der Waals surface area contributed by atoms with Crippen LogP contribution in [0.2, 0.25) is 0 Å². The summed E-state index contributed by atoms with van der Waals surface area (Å²) in [6.45, 7) is 2.90. The van der Waals surface area contributed by atoms with Crippen molar-refractivity contribution in [3.8, 4) is 0 Å². The minimum absolute atomic E-state index is 0.0731. The maximum absolute atomic E-state index is 13.2. The fourth-order valence-corrected chi connectivity index (χ4v) is 4.00. The molecule has 0 radical (unpaired) electrons. The summed E-state index contributed by atoms with van der Waals surface area (Å²) in [5.74, 6) is -1.01. The van der Waals surface area contributed by atoms with Gasteiger partial charge in [0.15, 0.2) is 5.78 Å². The highest BCUT2D eigenvalue weighted by atomic mass is 19.1. The average molecular weight is 445 g/mol. The number of hydrogen-bond donors (Lipinski definition) is 1. The molecule has 3 aromatic rings. The van der Waals surface area contributed by atoms with Crippen LogP contribution in [0.15, 0.2) is 72.8 Å². The highest BCUT2D eigenvalue weighted by Crippen LogP contribution is 2.20. The molecule has 4 rings (SSSR count). The summed E-state index contributed by atoms with van der Waals surface area (Å²) in [5.41, 5.74) is 2.78. The molecule has 0 aliphatic carbocycles. The quantitative estimate of drug-likeness (QED) is 0.593. The second-order valence-electron chi connectivity index (χ2n) is 8.29. The van der Waals surface area contributed by atoms with E-state index in [9.17, 15) is 18.8 Å². The van der Waals surface area contributed by atoms with Crippen molar-refractivity contribution in [3.63, 3.8) is 0 Å². The molecule has 168 valence electrons. The summed E-state index contributed by atoms with van der Waals surface area (Å²) in [4.78, 5) is 40.4. The Morgan fingerprint density at radius 3 is 2.03 bits per heavy atom. The molecule has 1 saturated heterocycles. The number of carbonyl (C=O) groups excluding carboxylic acids is 3. The topological polar surface area (TPSA) is 66.5 Å². The van der Waals surface area contributed by atoms with Crippen LogP contribution < -0.4 is 5.32 Å². The molecule has 0 saturated carbocycles. The number of halogens is 1. The SMILES string of the molecule is Cc1ccc(C(=O)c2ccccc2C(=O)N2CCC(NC(=O)c3ccc(F)cc3)CC2)cc1. The molecule has 1 heterocycles. The number of ketones is 1. The first kappa shape index (κ1) is 22.4. The lowest BCUT2D eigenvalue weighted by molar-refractivity contribution is 0.0694. The molecule has 33 heavy (non-hydrogen) atoms. The number of likely N-dealkylation sites (tertiary alicyclic amines) is 1. The first-order chi connectivity index (χ1) is 15.9. The minimum Gasteiger partial charge on any atom is -0.349 e. The predicted octanol–water partition coefficient (Wildman–Crippen LogP) is 4.40. The van der Waals surface area contributed by atoms with Gasteiger partial charge in [-0.3, -0.25) is 14.4 Å². The number of piperidine rings is 1. The monoisotopic (exact) mass is 444 g/mol. The first-order valence-corrected chi connectivity index (χ1v) is 11.0. The number of rotatable bonds is 5. The van der Waals surface area contributed by atoms with Gasteiger partial charge in [-0.1, -0.05) is 48.0 Å². The molecule has 0 aromatic heterocycles. The van der Waals surface area contributed by atoms with E-state index in [1.807, 2.05) is 19.1 Å². The van der Waals surface area contributed by atoms with Crippen molar-refractivity contribution in [2.75, 3.05) is 13.1 Å². The summed E-state index contributed by atoms with van der Waals surface area (Å²) in [6.07, 6.45) is 1.21. The smallest absolute Gasteiger partial charge is 0.254 e. The van der Waals surface area contributed by atoms with E-state index >= 15 is 0 Å². The number of nitrogens with one attached hydrogen (secondary N) is 1. The average Bonchev–Trinajstić information content (AvgIpc) is 2.84. The standard InChI is InChI=1S/C27H25FN2O3/c1-18-6-8-19(9-7-18)25(31)23-4-2-3-5-24(23)27(33)30-16-14-22(15-17-30)29-26(32)20-10-12-21(28)13-11-20/h2-13,22H,14-17H2,1H3,(H,29,32). The van der Waals surface area contributed by atoms with Gasteiger partial charge in [0, 0.05) is 35.8 Å². The van der Waals surface area contributed by atoms with E-state index in [2.05, 4.69) is 5.32 Å². The number of aryl methyl sites for hydroxylation is 1. The number of carbonyl (C=O) groups is 3. The Morgan fingerprint density at radius 2 is 1.39 bits per heavy atom. The van der Waals surface area contributed by atoms with E-state index in [1.54, 1.807) is 41.3 Å². The van der Waals surface area contributed by atoms with E-state index in [0.29, 0.717) is 48.2 Å². The zero-order valence-corrected chi connectivity index (χ0v) is 18.4. The normalized spacial score (nSPS) is 14.1. The number of amides is 2. The molecule has 1 fully saturated rings. The van der Waals surface area contributed by atoms with Crippen molar-refractivity contribution in [1.82, 2.24) is 10.2 Å². The van der Waals surface area contributed by atoms with E-state index in [4.69, 9.17) is 0 Å². The van der Waals surface area contributed by atoms with Crippen molar-refractivity contribution >= 4 is 17.6 Å².